The average Bonchev–Trinajstić information content (AvgIpc) is 3.60. The van der Waals surface area contributed by atoms with Gasteiger partial charge in [0.25, 0.3) is 5.78 Å². The van der Waals surface area contributed by atoms with Gasteiger partial charge in [0.1, 0.15) is 17.1 Å². The van der Waals surface area contributed by atoms with Gasteiger partial charge in [-0.15, -0.1) is 0 Å². The van der Waals surface area contributed by atoms with E-state index < -0.39 is 17.7 Å². The number of nitrogens with zero attached hydrogens (tertiary/aromatic N) is 4. The Balaban J connectivity index is 1.54. The van der Waals surface area contributed by atoms with Crippen molar-refractivity contribution < 1.29 is 19.4 Å². The number of hydrogen-bond donors (Lipinski definition) is 1. The maximum atomic E-state index is 13.8. The van der Waals surface area contributed by atoms with Crippen LogP contribution >= 0.6 is 11.3 Å². The lowest BCUT2D eigenvalue weighted by Crippen LogP contribution is -2.29. The van der Waals surface area contributed by atoms with Gasteiger partial charge in [-0.25, -0.2) is 9.97 Å². The number of anilines is 1. The van der Waals surface area contributed by atoms with Crippen molar-refractivity contribution in [3.63, 3.8) is 0 Å². The zero-order valence-electron chi connectivity index (χ0n) is 24.2. The fourth-order valence-corrected chi connectivity index (χ4v) is 6.42. The molecule has 5 aromatic rings. The number of aromatic nitrogens is 3. The summed E-state index contributed by atoms with van der Waals surface area (Å²) in [4.78, 5) is 38.4. The summed E-state index contributed by atoms with van der Waals surface area (Å²) in [6, 6.07) is 16.1. The molecule has 0 aliphatic carbocycles. The molecule has 1 fully saturated rings. The summed E-state index contributed by atoms with van der Waals surface area (Å²) in [5.41, 5.74) is 4.93. The van der Waals surface area contributed by atoms with Gasteiger partial charge in [0.05, 0.1) is 34.1 Å². The number of rotatable bonds is 7. The molecule has 0 spiro atoms. The molecule has 1 aliphatic heterocycles. The number of Topliss-reactive ketones (excluding diaryl/α,β-unsaturated/α-hetero) is 1. The van der Waals surface area contributed by atoms with E-state index in [-0.39, 0.29) is 17.0 Å². The van der Waals surface area contributed by atoms with E-state index in [1.54, 1.807) is 0 Å². The number of aryl methyl sites for hydroxylation is 3. The number of hydrogen-bond acceptors (Lipinski definition) is 7. The summed E-state index contributed by atoms with van der Waals surface area (Å²) in [7, 11) is 0. The first kappa shape index (κ1) is 27.7. The summed E-state index contributed by atoms with van der Waals surface area (Å²) in [5.74, 6) is -0.740. The molecular formula is C33H32N4O4S. The number of ketones is 1. The van der Waals surface area contributed by atoms with Crippen LogP contribution in [0.2, 0.25) is 0 Å². The zero-order chi connectivity index (χ0) is 29.7. The molecule has 0 radical (unpaired) electrons. The molecular weight excluding hydrogens is 548 g/mol. The summed E-state index contributed by atoms with van der Waals surface area (Å²) >= 11 is 1.34. The van der Waals surface area contributed by atoms with Gasteiger partial charge in [-0.2, -0.15) is 0 Å². The lowest BCUT2D eigenvalue weighted by Gasteiger charge is -2.23. The van der Waals surface area contributed by atoms with Crippen molar-refractivity contribution in [2.75, 3.05) is 11.5 Å². The fraction of sp³-hybridized carbons (Fsp3) is 0.273. The van der Waals surface area contributed by atoms with Crippen LogP contribution in [-0.4, -0.2) is 37.8 Å². The molecule has 1 saturated heterocycles. The Hall–Kier alpha value is -4.50. The van der Waals surface area contributed by atoms with Crippen molar-refractivity contribution in [3.8, 4) is 5.75 Å². The van der Waals surface area contributed by atoms with Crippen LogP contribution in [0.5, 0.6) is 5.75 Å². The van der Waals surface area contributed by atoms with E-state index in [0.717, 1.165) is 27.8 Å². The Kier molecular flexibility index (Phi) is 7.06. The predicted molar refractivity (Wildman–Crippen MR) is 165 cm³/mol. The molecule has 0 bridgehead atoms. The number of amides is 1. The number of aliphatic hydroxyl groups is 1. The largest absolute Gasteiger partial charge is 0.505 e. The minimum atomic E-state index is -0.925. The molecule has 0 saturated carbocycles. The van der Waals surface area contributed by atoms with Crippen molar-refractivity contribution in [2.45, 2.75) is 47.1 Å². The molecule has 42 heavy (non-hydrogen) atoms. The number of thiazole rings is 1. The van der Waals surface area contributed by atoms with Gasteiger partial charge in [0.15, 0.2) is 10.9 Å². The number of benzene rings is 2. The molecule has 2 aromatic carbocycles. The van der Waals surface area contributed by atoms with Crippen LogP contribution in [-0.2, 0) is 9.59 Å². The van der Waals surface area contributed by atoms with Crippen LogP contribution in [0.15, 0.2) is 66.4 Å². The Morgan fingerprint density at radius 2 is 1.86 bits per heavy atom. The average molecular weight is 581 g/mol. The van der Waals surface area contributed by atoms with Crippen LogP contribution in [0.3, 0.4) is 0 Å². The Labute approximate surface area is 247 Å². The second-order valence-electron chi connectivity index (χ2n) is 11.2. The van der Waals surface area contributed by atoms with Crippen LogP contribution < -0.4 is 9.64 Å². The SMILES string of the molecule is Cc1ccc2nc(N3C(=O)C(=O)/C(=C(/O)c4nc5c(C)cccn5c4C)C3c3cccc(OCCC(C)C)c3)sc2c1. The van der Waals surface area contributed by atoms with Crippen LogP contribution in [0.4, 0.5) is 5.13 Å². The second-order valence-corrected chi connectivity index (χ2v) is 12.2. The predicted octanol–water partition coefficient (Wildman–Crippen LogP) is 6.92. The van der Waals surface area contributed by atoms with Crippen molar-refractivity contribution in [1.29, 1.82) is 0 Å². The van der Waals surface area contributed by atoms with Gasteiger partial charge in [0.2, 0.25) is 0 Å². The molecule has 1 amide bonds. The normalized spacial score (nSPS) is 16.8. The Bertz CT molecular complexity index is 1900. The molecule has 6 rings (SSSR count). The highest BCUT2D eigenvalue weighted by Crippen LogP contribution is 2.45. The Morgan fingerprint density at radius 1 is 1.05 bits per heavy atom. The number of pyridine rings is 1. The molecule has 8 nitrogen and oxygen atoms in total. The van der Waals surface area contributed by atoms with E-state index in [9.17, 15) is 14.7 Å². The molecule has 1 atom stereocenters. The maximum Gasteiger partial charge on any atom is 0.301 e. The van der Waals surface area contributed by atoms with E-state index in [1.165, 1.54) is 16.2 Å². The zero-order valence-corrected chi connectivity index (χ0v) is 25.0. The van der Waals surface area contributed by atoms with E-state index >= 15 is 0 Å². The number of fused-ring (bicyclic) bond motifs is 2. The van der Waals surface area contributed by atoms with Gasteiger partial charge >= 0.3 is 5.91 Å². The molecule has 3 aromatic heterocycles. The lowest BCUT2D eigenvalue weighted by molar-refractivity contribution is -0.132. The van der Waals surface area contributed by atoms with Crippen LogP contribution in [0, 0.1) is 26.7 Å². The number of carbonyl (C=O) groups excluding carboxylic acids is 2. The minimum Gasteiger partial charge on any atom is -0.505 e. The third-order valence-corrected chi connectivity index (χ3v) is 8.65. The highest BCUT2D eigenvalue weighted by Gasteiger charge is 2.48. The molecule has 9 heteroatoms. The highest BCUT2D eigenvalue weighted by atomic mass is 32.1. The van der Waals surface area contributed by atoms with E-state index in [2.05, 4.69) is 13.8 Å². The first-order valence-corrected chi connectivity index (χ1v) is 14.8. The standard InChI is InChI=1S/C33H32N4O4S/c1-18(2)13-15-41-23-10-6-9-22(17-23)28-26(29(38)27-21(5)36-14-7-8-20(4)31(36)35-27)30(39)32(40)37(28)33-34-24-12-11-19(3)16-25(24)42-33/h6-12,14,16-18,28,38H,13,15H2,1-5H3/b29-26+. The first-order chi connectivity index (χ1) is 20.1. The van der Waals surface area contributed by atoms with E-state index in [4.69, 9.17) is 14.7 Å². The molecule has 4 heterocycles. The van der Waals surface area contributed by atoms with Crippen LogP contribution in [0.1, 0.15) is 54.4 Å². The topological polar surface area (TPSA) is 97.0 Å². The van der Waals surface area contributed by atoms with Crippen molar-refractivity contribution in [3.05, 3.63) is 94.4 Å². The number of aliphatic hydroxyl groups excluding tert-OH is 1. The van der Waals surface area contributed by atoms with Gasteiger partial charge in [0, 0.05) is 6.20 Å². The van der Waals surface area contributed by atoms with E-state index in [0.29, 0.717) is 40.3 Å². The number of carbonyl (C=O) groups is 2. The van der Waals surface area contributed by atoms with Crippen molar-refractivity contribution >= 4 is 49.8 Å². The third-order valence-electron chi connectivity index (χ3n) is 7.63. The monoisotopic (exact) mass is 580 g/mol. The van der Waals surface area contributed by atoms with Gasteiger partial charge in [-0.1, -0.05) is 49.4 Å². The summed E-state index contributed by atoms with van der Waals surface area (Å²) in [5, 5.41) is 12.2. The molecule has 1 N–H and O–H groups in total. The van der Waals surface area contributed by atoms with E-state index in [1.807, 2.05) is 86.0 Å². The third kappa shape index (κ3) is 4.73. The summed E-state index contributed by atoms with van der Waals surface area (Å²) in [6.07, 6.45) is 2.75. The Morgan fingerprint density at radius 3 is 2.62 bits per heavy atom. The molecule has 1 unspecified atom stereocenters. The molecule has 214 valence electrons. The second kappa shape index (κ2) is 10.7. The summed E-state index contributed by atoms with van der Waals surface area (Å²) in [6.45, 7) is 10.6. The minimum absolute atomic E-state index is 0.0288. The summed E-state index contributed by atoms with van der Waals surface area (Å²) < 4.78 is 8.81. The van der Waals surface area contributed by atoms with Crippen molar-refractivity contribution in [1.82, 2.24) is 14.4 Å². The van der Waals surface area contributed by atoms with Gasteiger partial charge in [-0.3, -0.25) is 14.5 Å². The van der Waals surface area contributed by atoms with Crippen molar-refractivity contribution in [2.24, 2.45) is 5.92 Å². The van der Waals surface area contributed by atoms with Crippen LogP contribution in [0.25, 0.3) is 21.6 Å². The lowest BCUT2D eigenvalue weighted by atomic mass is 9.96. The highest BCUT2D eigenvalue weighted by molar-refractivity contribution is 7.22. The number of imidazole rings is 1. The fourth-order valence-electron chi connectivity index (χ4n) is 5.33. The first-order valence-electron chi connectivity index (χ1n) is 14.0. The van der Waals surface area contributed by atoms with Gasteiger partial charge in [-0.05, 0) is 80.1 Å². The smallest absolute Gasteiger partial charge is 0.301 e. The quantitative estimate of drug-likeness (QED) is 0.128. The maximum absolute atomic E-state index is 13.8. The molecule has 1 aliphatic rings. The van der Waals surface area contributed by atoms with Gasteiger partial charge < -0.3 is 14.2 Å². The number of ether oxygens (including phenoxy) is 1.